The first kappa shape index (κ1) is 18.7. The summed E-state index contributed by atoms with van der Waals surface area (Å²) in [6.45, 7) is 5.44. The van der Waals surface area contributed by atoms with Gasteiger partial charge in [0, 0.05) is 17.7 Å². The number of hydrogen-bond donors (Lipinski definition) is 4. The van der Waals surface area contributed by atoms with Gasteiger partial charge < -0.3 is 25.4 Å². The van der Waals surface area contributed by atoms with Gasteiger partial charge >= 0.3 is 12.1 Å². The van der Waals surface area contributed by atoms with Crippen LogP contribution in [0.25, 0.3) is 12.2 Å². The van der Waals surface area contributed by atoms with E-state index in [1.807, 2.05) is 0 Å². The zero-order valence-electron chi connectivity index (χ0n) is 14.6. The first-order valence-electron chi connectivity index (χ1n) is 8.15. The standard InChI is InChI=1S/C17H24N2O6/c1-17(2,3)25-16(24)18-12(15(22)23)6-4-5-9-19-13(20)10-7-8-11(10)14(19)21/h7-8,12,20-21H,4-6,9H2,1-3H3,(H,18,24)(H,22,23). The second-order valence-corrected chi connectivity index (χ2v) is 6.99. The molecule has 0 aliphatic heterocycles. The highest BCUT2D eigenvalue weighted by Crippen LogP contribution is 2.41. The van der Waals surface area contributed by atoms with Crippen LogP contribution in [0.4, 0.5) is 4.79 Å². The molecular weight excluding hydrogens is 328 g/mol. The number of ether oxygens (including phenoxy) is 1. The predicted molar refractivity (Wildman–Crippen MR) is 91.3 cm³/mol. The van der Waals surface area contributed by atoms with Crippen LogP contribution in [0.2, 0.25) is 0 Å². The van der Waals surface area contributed by atoms with Crippen molar-refractivity contribution in [2.75, 3.05) is 0 Å². The third-order valence-electron chi connectivity index (χ3n) is 3.81. The fourth-order valence-corrected chi connectivity index (χ4v) is 2.57. The monoisotopic (exact) mass is 352 g/mol. The summed E-state index contributed by atoms with van der Waals surface area (Å²) in [5.41, 5.74) is 0.534. The van der Waals surface area contributed by atoms with Crippen LogP contribution in [0.3, 0.4) is 0 Å². The number of carbonyl (C=O) groups excluding carboxylic acids is 1. The van der Waals surface area contributed by atoms with Gasteiger partial charge in [0.15, 0.2) is 0 Å². The molecule has 1 amide bonds. The van der Waals surface area contributed by atoms with Gasteiger partial charge in [-0.25, -0.2) is 9.59 Å². The normalized spacial score (nSPS) is 13.7. The van der Waals surface area contributed by atoms with Crippen molar-refractivity contribution in [3.63, 3.8) is 0 Å². The number of aromatic nitrogens is 1. The third-order valence-corrected chi connectivity index (χ3v) is 3.81. The molecule has 1 unspecified atom stereocenters. The van der Waals surface area contributed by atoms with Gasteiger partial charge in [-0.2, -0.15) is 0 Å². The van der Waals surface area contributed by atoms with Crippen LogP contribution < -0.4 is 5.32 Å². The van der Waals surface area contributed by atoms with E-state index in [1.165, 1.54) is 4.57 Å². The lowest BCUT2D eigenvalue weighted by Gasteiger charge is -2.22. The van der Waals surface area contributed by atoms with Gasteiger partial charge in [-0.1, -0.05) is 0 Å². The maximum atomic E-state index is 11.7. The number of fused-ring (bicyclic) bond motifs is 1. The Bertz CT molecular complexity index is 669. The van der Waals surface area contributed by atoms with Gasteiger partial charge in [0.1, 0.15) is 11.6 Å². The Hall–Kier alpha value is -2.64. The number of aromatic hydroxyl groups is 2. The SMILES string of the molecule is CC(C)(C)OC(=O)NC(CCCCn1c(O)c2c(c1O)C=C2)C(=O)O. The fourth-order valence-electron chi connectivity index (χ4n) is 2.57. The molecule has 2 rings (SSSR count). The molecule has 0 fully saturated rings. The number of carboxylic acids is 1. The summed E-state index contributed by atoms with van der Waals surface area (Å²) in [5.74, 6) is -1.11. The maximum Gasteiger partial charge on any atom is 0.408 e. The summed E-state index contributed by atoms with van der Waals surface area (Å²) in [5, 5.41) is 31.5. The Morgan fingerprint density at radius 3 is 2.16 bits per heavy atom. The van der Waals surface area contributed by atoms with Crippen LogP contribution in [-0.2, 0) is 16.1 Å². The molecule has 1 heterocycles. The average Bonchev–Trinajstić information content (AvgIpc) is 2.56. The van der Waals surface area contributed by atoms with Crippen molar-refractivity contribution in [3.8, 4) is 11.8 Å². The van der Waals surface area contributed by atoms with Crippen molar-refractivity contribution < 1.29 is 29.6 Å². The summed E-state index contributed by atoms with van der Waals surface area (Å²) in [6.07, 6.45) is 3.90. The van der Waals surface area contributed by atoms with E-state index in [0.29, 0.717) is 30.5 Å². The smallest absolute Gasteiger partial charge is 0.408 e. The molecule has 0 aromatic carbocycles. The number of aliphatic carboxylic acids is 1. The summed E-state index contributed by atoms with van der Waals surface area (Å²) in [4.78, 5) is 23.0. The minimum atomic E-state index is -1.13. The Balaban J connectivity index is 1.81. The molecule has 1 aliphatic rings. The van der Waals surface area contributed by atoms with Crippen molar-refractivity contribution in [1.82, 2.24) is 9.88 Å². The van der Waals surface area contributed by atoms with Gasteiger partial charge in [0.25, 0.3) is 0 Å². The lowest BCUT2D eigenvalue weighted by Crippen LogP contribution is -2.43. The molecule has 138 valence electrons. The first-order valence-corrected chi connectivity index (χ1v) is 8.15. The molecule has 1 aromatic rings. The van der Waals surface area contributed by atoms with Crippen molar-refractivity contribution in [1.29, 1.82) is 0 Å². The van der Waals surface area contributed by atoms with Gasteiger partial charge in [-0.3, -0.25) is 4.57 Å². The van der Waals surface area contributed by atoms with E-state index in [0.717, 1.165) is 0 Å². The lowest BCUT2D eigenvalue weighted by atomic mass is 10.0. The summed E-state index contributed by atoms with van der Waals surface area (Å²) < 4.78 is 6.45. The quantitative estimate of drug-likeness (QED) is 0.568. The van der Waals surface area contributed by atoms with Crippen molar-refractivity contribution in [2.45, 2.75) is 58.2 Å². The molecule has 0 saturated heterocycles. The van der Waals surface area contributed by atoms with Crippen LogP contribution in [0.1, 0.15) is 51.2 Å². The van der Waals surface area contributed by atoms with Gasteiger partial charge in [0.05, 0.1) is 0 Å². The molecule has 1 aliphatic carbocycles. The van der Waals surface area contributed by atoms with Crippen LogP contribution in [0, 0.1) is 0 Å². The molecule has 1 aromatic heterocycles. The van der Waals surface area contributed by atoms with Crippen molar-refractivity contribution in [3.05, 3.63) is 11.1 Å². The van der Waals surface area contributed by atoms with Gasteiger partial charge in [0.2, 0.25) is 11.8 Å². The van der Waals surface area contributed by atoms with Crippen LogP contribution >= 0.6 is 0 Å². The molecule has 8 heteroatoms. The zero-order chi connectivity index (χ0) is 18.8. The summed E-state index contributed by atoms with van der Waals surface area (Å²) in [6, 6.07) is -1.05. The zero-order valence-corrected chi connectivity index (χ0v) is 14.6. The molecule has 0 spiro atoms. The van der Waals surface area contributed by atoms with Crippen LogP contribution in [0.15, 0.2) is 0 Å². The number of hydrogen-bond acceptors (Lipinski definition) is 5. The Labute approximate surface area is 145 Å². The molecule has 25 heavy (non-hydrogen) atoms. The molecule has 0 bridgehead atoms. The molecular formula is C17H24N2O6. The Kier molecular flexibility index (Phi) is 5.30. The number of carbonyl (C=O) groups is 2. The topological polar surface area (TPSA) is 121 Å². The average molecular weight is 352 g/mol. The molecule has 0 radical (unpaired) electrons. The predicted octanol–water partition coefficient (Wildman–Crippen LogP) is 2.53. The largest absolute Gasteiger partial charge is 0.494 e. The van der Waals surface area contributed by atoms with E-state index < -0.39 is 23.7 Å². The second-order valence-electron chi connectivity index (χ2n) is 6.99. The molecule has 8 nitrogen and oxygen atoms in total. The van der Waals surface area contributed by atoms with Crippen LogP contribution in [0.5, 0.6) is 11.8 Å². The third kappa shape index (κ3) is 4.46. The van der Waals surface area contributed by atoms with Crippen LogP contribution in [-0.4, -0.2) is 43.6 Å². The van der Waals surface area contributed by atoms with E-state index in [4.69, 9.17) is 4.74 Å². The summed E-state index contributed by atoms with van der Waals surface area (Å²) in [7, 11) is 0. The lowest BCUT2D eigenvalue weighted by molar-refractivity contribution is -0.139. The van der Waals surface area contributed by atoms with E-state index >= 15 is 0 Å². The highest BCUT2D eigenvalue weighted by molar-refractivity contribution is 5.91. The number of nitrogens with one attached hydrogen (secondary N) is 1. The van der Waals surface area contributed by atoms with Crippen molar-refractivity contribution >= 4 is 24.2 Å². The highest BCUT2D eigenvalue weighted by atomic mass is 16.6. The number of nitrogens with zero attached hydrogens (tertiary/aromatic N) is 1. The fraction of sp³-hybridized carbons (Fsp3) is 0.529. The number of alkyl carbamates (subject to hydrolysis) is 1. The van der Waals surface area contributed by atoms with E-state index in [2.05, 4.69) is 5.32 Å². The minimum absolute atomic E-state index is 0.0108. The number of carboxylic acid groups (broad SMARTS) is 1. The number of unbranched alkanes of at least 4 members (excludes halogenated alkanes) is 1. The highest BCUT2D eigenvalue weighted by Gasteiger charge is 2.25. The Morgan fingerprint density at radius 2 is 1.72 bits per heavy atom. The van der Waals surface area contributed by atoms with Gasteiger partial charge in [-0.05, 0) is 52.2 Å². The van der Waals surface area contributed by atoms with Gasteiger partial charge in [-0.15, -0.1) is 0 Å². The van der Waals surface area contributed by atoms with E-state index in [-0.39, 0.29) is 18.2 Å². The number of rotatable bonds is 7. The number of amides is 1. The van der Waals surface area contributed by atoms with Crippen molar-refractivity contribution in [2.24, 2.45) is 0 Å². The Morgan fingerprint density at radius 1 is 1.16 bits per heavy atom. The maximum absolute atomic E-state index is 11.7. The van der Waals surface area contributed by atoms with E-state index in [1.54, 1.807) is 32.9 Å². The van der Waals surface area contributed by atoms with E-state index in [9.17, 15) is 24.9 Å². The molecule has 0 saturated carbocycles. The molecule has 4 N–H and O–H groups in total. The first-order chi connectivity index (χ1) is 11.6. The summed E-state index contributed by atoms with van der Waals surface area (Å²) >= 11 is 0. The molecule has 1 atom stereocenters. The minimum Gasteiger partial charge on any atom is -0.494 e. The second kappa shape index (κ2) is 7.08.